The molecule has 0 spiro atoms. The Morgan fingerprint density at radius 1 is 1.12 bits per heavy atom. The minimum atomic E-state index is 0.0689. The number of hydrogen-bond donors (Lipinski definition) is 0. The van der Waals surface area contributed by atoms with Gasteiger partial charge >= 0.3 is 0 Å². The zero-order valence-corrected chi connectivity index (χ0v) is 11.0. The van der Waals surface area contributed by atoms with Crippen molar-refractivity contribution in [2.45, 2.75) is 18.2 Å². The summed E-state index contributed by atoms with van der Waals surface area (Å²) >= 11 is 14.1. The molecule has 0 aliphatic heterocycles. The normalized spacial score (nSPS) is 12.6. The van der Waals surface area contributed by atoms with Crippen LogP contribution in [0, 0.1) is 0 Å². The maximum absolute atomic E-state index is 6.34. The lowest BCUT2D eigenvalue weighted by Gasteiger charge is -2.08. The van der Waals surface area contributed by atoms with Crippen LogP contribution in [0.5, 0.6) is 0 Å². The van der Waals surface area contributed by atoms with Gasteiger partial charge in [0, 0.05) is 4.88 Å². The highest BCUT2D eigenvalue weighted by molar-refractivity contribution is 7.10. The van der Waals surface area contributed by atoms with Crippen LogP contribution in [-0.2, 0) is 6.42 Å². The molecule has 2 aromatic rings. The van der Waals surface area contributed by atoms with E-state index >= 15 is 0 Å². The number of alkyl halides is 1. The Labute approximate surface area is 110 Å². The SMILES string of the molecule is Clc1ccsc1CCC(Cl)c1ccccc1. The van der Waals surface area contributed by atoms with Crippen molar-refractivity contribution in [2.24, 2.45) is 0 Å². The van der Waals surface area contributed by atoms with E-state index in [0.717, 1.165) is 17.9 Å². The molecule has 1 heterocycles. The van der Waals surface area contributed by atoms with Crippen molar-refractivity contribution in [3.63, 3.8) is 0 Å². The second-order valence-corrected chi connectivity index (χ2v) is 5.54. The highest BCUT2D eigenvalue weighted by Crippen LogP contribution is 2.29. The lowest BCUT2D eigenvalue weighted by Crippen LogP contribution is -1.92. The average Bonchev–Trinajstić information content (AvgIpc) is 2.73. The third-order valence-corrected chi connectivity index (χ3v) is 4.39. The number of aryl methyl sites for hydroxylation is 1. The van der Waals surface area contributed by atoms with Gasteiger partial charge in [-0.15, -0.1) is 22.9 Å². The van der Waals surface area contributed by atoms with Crippen molar-refractivity contribution in [3.8, 4) is 0 Å². The molecule has 0 amide bonds. The fourth-order valence-electron chi connectivity index (χ4n) is 1.59. The van der Waals surface area contributed by atoms with Crippen molar-refractivity contribution in [3.05, 3.63) is 57.2 Å². The molecule has 0 saturated carbocycles. The summed E-state index contributed by atoms with van der Waals surface area (Å²) in [5.74, 6) is 0. The van der Waals surface area contributed by atoms with Crippen LogP contribution < -0.4 is 0 Å². The van der Waals surface area contributed by atoms with Crippen LogP contribution in [0.3, 0.4) is 0 Å². The Bertz CT molecular complexity index is 436. The van der Waals surface area contributed by atoms with Gasteiger partial charge in [-0.25, -0.2) is 0 Å². The monoisotopic (exact) mass is 270 g/mol. The molecule has 0 aliphatic carbocycles. The van der Waals surface area contributed by atoms with E-state index in [4.69, 9.17) is 23.2 Å². The Kier molecular flexibility index (Phi) is 4.28. The molecule has 1 aromatic heterocycles. The van der Waals surface area contributed by atoms with Crippen molar-refractivity contribution < 1.29 is 0 Å². The smallest absolute Gasteiger partial charge is 0.0588 e. The highest BCUT2D eigenvalue weighted by Gasteiger charge is 2.09. The Balaban J connectivity index is 1.94. The third kappa shape index (κ3) is 3.00. The van der Waals surface area contributed by atoms with E-state index < -0.39 is 0 Å². The van der Waals surface area contributed by atoms with Crippen molar-refractivity contribution in [1.29, 1.82) is 0 Å². The molecule has 1 unspecified atom stereocenters. The van der Waals surface area contributed by atoms with Gasteiger partial charge in [0.05, 0.1) is 10.4 Å². The van der Waals surface area contributed by atoms with Crippen LogP contribution in [0.2, 0.25) is 5.02 Å². The van der Waals surface area contributed by atoms with Crippen molar-refractivity contribution in [2.75, 3.05) is 0 Å². The quantitative estimate of drug-likeness (QED) is 0.661. The molecule has 84 valence electrons. The van der Waals surface area contributed by atoms with Gasteiger partial charge in [-0.3, -0.25) is 0 Å². The predicted octanol–water partition coefficient (Wildman–Crippen LogP) is 5.31. The van der Waals surface area contributed by atoms with Gasteiger partial charge in [0.25, 0.3) is 0 Å². The Morgan fingerprint density at radius 2 is 1.88 bits per heavy atom. The fraction of sp³-hybridized carbons (Fsp3) is 0.231. The molecule has 0 aliphatic rings. The van der Waals surface area contributed by atoms with Gasteiger partial charge in [0.1, 0.15) is 0 Å². The Hall–Kier alpha value is -0.500. The van der Waals surface area contributed by atoms with Gasteiger partial charge in [0.2, 0.25) is 0 Å². The fourth-order valence-corrected chi connectivity index (χ4v) is 2.99. The maximum Gasteiger partial charge on any atom is 0.0588 e. The number of benzene rings is 1. The van der Waals surface area contributed by atoms with E-state index in [1.54, 1.807) is 11.3 Å². The molecule has 0 fully saturated rings. The van der Waals surface area contributed by atoms with Gasteiger partial charge in [0.15, 0.2) is 0 Å². The first-order valence-electron chi connectivity index (χ1n) is 5.18. The molecule has 1 atom stereocenters. The summed E-state index contributed by atoms with van der Waals surface area (Å²) < 4.78 is 0. The molecule has 3 heteroatoms. The van der Waals surface area contributed by atoms with Gasteiger partial charge in [-0.1, -0.05) is 41.9 Å². The minimum absolute atomic E-state index is 0.0689. The average molecular weight is 271 g/mol. The van der Waals surface area contributed by atoms with Gasteiger partial charge < -0.3 is 0 Å². The molecule has 2 rings (SSSR count). The van der Waals surface area contributed by atoms with E-state index in [9.17, 15) is 0 Å². The minimum Gasteiger partial charge on any atom is -0.147 e. The highest BCUT2D eigenvalue weighted by atomic mass is 35.5. The third-order valence-electron chi connectivity index (χ3n) is 2.48. The summed E-state index contributed by atoms with van der Waals surface area (Å²) in [5.41, 5.74) is 1.18. The van der Waals surface area contributed by atoms with Crippen LogP contribution in [0.25, 0.3) is 0 Å². The lowest BCUT2D eigenvalue weighted by molar-refractivity contribution is 0.803. The summed E-state index contributed by atoms with van der Waals surface area (Å²) in [7, 11) is 0. The Morgan fingerprint density at radius 3 is 2.50 bits per heavy atom. The molecule has 0 bridgehead atoms. The molecule has 0 N–H and O–H groups in total. The van der Waals surface area contributed by atoms with Crippen LogP contribution in [-0.4, -0.2) is 0 Å². The molecule has 16 heavy (non-hydrogen) atoms. The molecule has 0 nitrogen and oxygen atoms in total. The maximum atomic E-state index is 6.34. The van der Waals surface area contributed by atoms with E-state index in [1.165, 1.54) is 10.4 Å². The lowest BCUT2D eigenvalue weighted by atomic mass is 10.1. The number of hydrogen-bond acceptors (Lipinski definition) is 1. The van der Waals surface area contributed by atoms with E-state index in [2.05, 4.69) is 12.1 Å². The number of rotatable bonds is 4. The molecule has 0 radical (unpaired) electrons. The topological polar surface area (TPSA) is 0 Å². The van der Waals surface area contributed by atoms with Crippen molar-refractivity contribution in [1.82, 2.24) is 0 Å². The van der Waals surface area contributed by atoms with Crippen LogP contribution in [0.15, 0.2) is 41.8 Å². The van der Waals surface area contributed by atoms with Crippen LogP contribution >= 0.6 is 34.5 Å². The summed E-state index contributed by atoms with van der Waals surface area (Å²) in [6.45, 7) is 0. The first-order valence-corrected chi connectivity index (χ1v) is 6.87. The molecular weight excluding hydrogens is 259 g/mol. The van der Waals surface area contributed by atoms with Crippen LogP contribution in [0.4, 0.5) is 0 Å². The van der Waals surface area contributed by atoms with Crippen molar-refractivity contribution >= 4 is 34.5 Å². The first kappa shape index (κ1) is 12.0. The van der Waals surface area contributed by atoms with E-state index in [0.29, 0.717) is 0 Å². The van der Waals surface area contributed by atoms with Gasteiger partial charge in [-0.05, 0) is 29.9 Å². The summed E-state index contributed by atoms with van der Waals surface area (Å²) in [5, 5.41) is 2.95. The second kappa shape index (κ2) is 5.72. The first-order chi connectivity index (χ1) is 7.77. The molecular formula is C13H12Cl2S. The molecule has 1 aromatic carbocycles. The molecule has 0 saturated heterocycles. The number of halogens is 2. The summed E-state index contributed by atoms with van der Waals surface area (Å²) in [6, 6.07) is 12.1. The van der Waals surface area contributed by atoms with Crippen LogP contribution in [0.1, 0.15) is 22.2 Å². The second-order valence-electron chi connectivity index (χ2n) is 3.61. The standard InChI is InChI=1S/C13H12Cl2S/c14-11(10-4-2-1-3-5-10)6-7-13-12(15)8-9-16-13/h1-5,8-9,11H,6-7H2. The van der Waals surface area contributed by atoms with Gasteiger partial charge in [-0.2, -0.15) is 0 Å². The summed E-state index contributed by atoms with van der Waals surface area (Å²) in [6.07, 6.45) is 1.87. The number of thiophene rings is 1. The zero-order chi connectivity index (χ0) is 11.4. The summed E-state index contributed by atoms with van der Waals surface area (Å²) in [4.78, 5) is 1.23. The van der Waals surface area contributed by atoms with E-state index in [1.807, 2.05) is 29.6 Å². The predicted molar refractivity (Wildman–Crippen MR) is 72.7 cm³/mol. The zero-order valence-electron chi connectivity index (χ0n) is 8.70. The largest absolute Gasteiger partial charge is 0.147 e. The van der Waals surface area contributed by atoms with E-state index in [-0.39, 0.29) is 5.38 Å².